The summed E-state index contributed by atoms with van der Waals surface area (Å²) in [6, 6.07) is 0.0529. The van der Waals surface area contributed by atoms with Crippen LogP contribution >= 0.6 is 0 Å². The minimum atomic E-state index is 0.0349. The highest BCUT2D eigenvalue weighted by Gasteiger charge is 2.10. The Morgan fingerprint density at radius 3 is 2.47 bits per heavy atom. The van der Waals surface area contributed by atoms with Crippen LogP contribution in [0.4, 0.5) is 0 Å². The van der Waals surface area contributed by atoms with Crippen LogP contribution in [0.5, 0.6) is 0 Å². The number of aliphatic hydroxyl groups is 1. The topological polar surface area (TPSA) is 61.4 Å². The van der Waals surface area contributed by atoms with Crippen molar-refractivity contribution in [2.75, 3.05) is 13.2 Å². The van der Waals surface area contributed by atoms with Gasteiger partial charge < -0.3 is 15.7 Å². The van der Waals surface area contributed by atoms with E-state index in [4.69, 9.17) is 5.11 Å². The van der Waals surface area contributed by atoms with Crippen LogP contribution in [0.25, 0.3) is 0 Å². The van der Waals surface area contributed by atoms with Crippen LogP contribution in [0.2, 0.25) is 0 Å². The summed E-state index contributed by atoms with van der Waals surface area (Å²) in [5, 5.41) is 14.7. The van der Waals surface area contributed by atoms with Gasteiger partial charge in [-0.15, -0.1) is 0 Å². The van der Waals surface area contributed by atoms with Crippen molar-refractivity contribution in [1.29, 1.82) is 0 Å². The van der Waals surface area contributed by atoms with Gasteiger partial charge >= 0.3 is 0 Å². The zero-order chi connectivity index (χ0) is 11.9. The van der Waals surface area contributed by atoms with E-state index < -0.39 is 0 Å². The number of carbonyl (C=O) groups excluding carboxylic acids is 1. The van der Waals surface area contributed by atoms with Crippen molar-refractivity contribution in [2.24, 2.45) is 0 Å². The average molecular weight is 216 g/mol. The smallest absolute Gasteiger partial charge is 0.221 e. The number of amides is 1. The molecule has 4 nitrogen and oxygen atoms in total. The van der Waals surface area contributed by atoms with Crippen LogP contribution in [0.15, 0.2) is 0 Å². The van der Waals surface area contributed by atoms with E-state index in [1.54, 1.807) is 0 Å². The summed E-state index contributed by atoms with van der Waals surface area (Å²) in [4.78, 5) is 11.4. The molecular formula is C11H24N2O2. The monoisotopic (exact) mass is 216 g/mol. The Balaban J connectivity index is 3.58. The maximum atomic E-state index is 11.4. The van der Waals surface area contributed by atoms with Crippen LogP contribution in [0.1, 0.15) is 40.5 Å². The third-order valence-corrected chi connectivity index (χ3v) is 1.98. The molecule has 15 heavy (non-hydrogen) atoms. The minimum Gasteiger partial charge on any atom is -0.396 e. The Hall–Kier alpha value is -0.610. The van der Waals surface area contributed by atoms with Gasteiger partial charge in [0.1, 0.15) is 0 Å². The summed E-state index contributed by atoms with van der Waals surface area (Å²) < 4.78 is 0. The maximum Gasteiger partial charge on any atom is 0.221 e. The van der Waals surface area contributed by atoms with E-state index in [0.717, 1.165) is 0 Å². The molecule has 1 amide bonds. The Morgan fingerprint density at radius 1 is 1.40 bits per heavy atom. The van der Waals surface area contributed by atoms with Gasteiger partial charge in [-0.2, -0.15) is 0 Å². The molecule has 0 saturated heterocycles. The minimum absolute atomic E-state index is 0.0349. The largest absolute Gasteiger partial charge is 0.396 e. The summed E-state index contributed by atoms with van der Waals surface area (Å²) in [7, 11) is 0. The number of hydrogen-bond acceptors (Lipinski definition) is 3. The highest BCUT2D eigenvalue weighted by Crippen LogP contribution is 1.98. The molecule has 90 valence electrons. The standard InChI is InChI=1S/C11H24N2O2/c1-9(6-8-14)13-10(15)5-7-12-11(2,3)4/h9,12,14H,5-8H2,1-4H3,(H,13,15). The summed E-state index contributed by atoms with van der Waals surface area (Å²) in [6.45, 7) is 8.89. The lowest BCUT2D eigenvalue weighted by molar-refractivity contribution is -0.121. The van der Waals surface area contributed by atoms with Gasteiger partial charge in [0.15, 0.2) is 0 Å². The molecule has 0 aliphatic rings. The second-order valence-corrected chi connectivity index (χ2v) is 4.91. The van der Waals surface area contributed by atoms with E-state index in [1.807, 2.05) is 6.92 Å². The van der Waals surface area contributed by atoms with Gasteiger partial charge in [-0.25, -0.2) is 0 Å². The summed E-state index contributed by atoms with van der Waals surface area (Å²) in [5.41, 5.74) is 0.0526. The Morgan fingerprint density at radius 2 is 2.00 bits per heavy atom. The lowest BCUT2D eigenvalue weighted by Gasteiger charge is -2.20. The van der Waals surface area contributed by atoms with Gasteiger partial charge in [-0.3, -0.25) is 4.79 Å². The zero-order valence-electron chi connectivity index (χ0n) is 10.3. The first kappa shape index (κ1) is 14.4. The molecule has 0 fully saturated rings. The SMILES string of the molecule is CC(CCO)NC(=O)CCNC(C)(C)C. The molecule has 0 aliphatic carbocycles. The Labute approximate surface area is 92.4 Å². The first-order valence-electron chi connectivity index (χ1n) is 5.50. The first-order valence-corrected chi connectivity index (χ1v) is 5.50. The number of aliphatic hydroxyl groups excluding tert-OH is 1. The van der Waals surface area contributed by atoms with Gasteiger partial charge in [0.2, 0.25) is 5.91 Å². The predicted molar refractivity (Wildman–Crippen MR) is 61.7 cm³/mol. The van der Waals surface area contributed by atoms with E-state index in [2.05, 4.69) is 31.4 Å². The number of carbonyl (C=O) groups is 1. The van der Waals surface area contributed by atoms with Crippen LogP contribution in [-0.2, 0) is 4.79 Å². The fourth-order valence-electron chi connectivity index (χ4n) is 1.16. The van der Waals surface area contributed by atoms with Crippen molar-refractivity contribution < 1.29 is 9.90 Å². The van der Waals surface area contributed by atoms with Crippen molar-refractivity contribution in [3.05, 3.63) is 0 Å². The molecule has 0 rings (SSSR count). The second kappa shape index (κ2) is 6.80. The molecule has 0 aromatic carbocycles. The van der Waals surface area contributed by atoms with Crippen LogP contribution < -0.4 is 10.6 Å². The molecule has 3 N–H and O–H groups in total. The maximum absolute atomic E-state index is 11.4. The molecule has 0 saturated carbocycles. The van der Waals surface area contributed by atoms with Crippen molar-refractivity contribution in [3.8, 4) is 0 Å². The number of nitrogens with one attached hydrogen (secondary N) is 2. The van der Waals surface area contributed by atoms with Gasteiger partial charge in [0, 0.05) is 31.2 Å². The fraction of sp³-hybridized carbons (Fsp3) is 0.909. The number of rotatable bonds is 6. The van der Waals surface area contributed by atoms with Crippen LogP contribution in [0, 0.1) is 0 Å². The summed E-state index contributed by atoms with van der Waals surface area (Å²) >= 11 is 0. The van der Waals surface area contributed by atoms with Crippen molar-refractivity contribution in [3.63, 3.8) is 0 Å². The number of hydrogen-bond donors (Lipinski definition) is 3. The third-order valence-electron chi connectivity index (χ3n) is 1.98. The Kier molecular flexibility index (Phi) is 6.52. The van der Waals surface area contributed by atoms with E-state index in [9.17, 15) is 4.79 Å². The quantitative estimate of drug-likeness (QED) is 0.611. The fourth-order valence-corrected chi connectivity index (χ4v) is 1.16. The molecule has 0 bridgehead atoms. The normalized spacial score (nSPS) is 13.7. The van der Waals surface area contributed by atoms with E-state index >= 15 is 0 Å². The first-order chi connectivity index (χ1) is 6.85. The highest BCUT2D eigenvalue weighted by atomic mass is 16.3. The molecule has 1 unspecified atom stereocenters. The summed E-state index contributed by atoms with van der Waals surface area (Å²) in [6.07, 6.45) is 1.09. The van der Waals surface area contributed by atoms with E-state index in [-0.39, 0.29) is 24.1 Å². The molecule has 0 aromatic rings. The van der Waals surface area contributed by atoms with E-state index in [0.29, 0.717) is 19.4 Å². The Bertz CT molecular complexity index is 188. The van der Waals surface area contributed by atoms with Crippen molar-refractivity contribution in [1.82, 2.24) is 10.6 Å². The van der Waals surface area contributed by atoms with Gasteiger partial charge in [0.05, 0.1) is 0 Å². The molecular weight excluding hydrogens is 192 g/mol. The van der Waals surface area contributed by atoms with Gasteiger partial charge in [-0.1, -0.05) is 0 Å². The molecule has 0 heterocycles. The van der Waals surface area contributed by atoms with Gasteiger partial charge in [-0.05, 0) is 34.1 Å². The molecule has 4 heteroatoms. The molecule has 0 aliphatic heterocycles. The zero-order valence-corrected chi connectivity index (χ0v) is 10.3. The van der Waals surface area contributed by atoms with Crippen molar-refractivity contribution >= 4 is 5.91 Å². The lowest BCUT2D eigenvalue weighted by Crippen LogP contribution is -2.40. The lowest BCUT2D eigenvalue weighted by atomic mass is 10.1. The highest BCUT2D eigenvalue weighted by molar-refractivity contribution is 5.76. The average Bonchev–Trinajstić information content (AvgIpc) is 2.01. The third kappa shape index (κ3) is 9.69. The summed E-state index contributed by atoms with van der Waals surface area (Å²) in [5.74, 6) is 0.0349. The molecule has 0 radical (unpaired) electrons. The molecule has 0 aromatic heterocycles. The van der Waals surface area contributed by atoms with E-state index in [1.165, 1.54) is 0 Å². The molecule has 1 atom stereocenters. The van der Waals surface area contributed by atoms with Gasteiger partial charge in [0.25, 0.3) is 0 Å². The van der Waals surface area contributed by atoms with Crippen LogP contribution in [0.3, 0.4) is 0 Å². The molecule has 0 spiro atoms. The second-order valence-electron chi connectivity index (χ2n) is 4.91. The predicted octanol–water partition coefficient (Wildman–Crippen LogP) is 0.652. The van der Waals surface area contributed by atoms with Crippen LogP contribution in [-0.4, -0.2) is 35.7 Å². The van der Waals surface area contributed by atoms with Crippen molar-refractivity contribution in [2.45, 2.75) is 52.1 Å².